The second-order valence-electron chi connectivity index (χ2n) is 6.05. The third-order valence-electron chi connectivity index (χ3n) is 4.05. The molecule has 0 saturated carbocycles. The van der Waals surface area contributed by atoms with E-state index in [0.717, 1.165) is 0 Å². The zero-order chi connectivity index (χ0) is 16.8. The molecule has 2 aromatic rings. The van der Waals surface area contributed by atoms with Gasteiger partial charge in [-0.2, -0.15) is 5.26 Å². The van der Waals surface area contributed by atoms with E-state index in [1.54, 1.807) is 44.3 Å². The van der Waals surface area contributed by atoms with Crippen molar-refractivity contribution in [2.75, 3.05) is 0 Å². The van der Waals surface area contributed by atoms with Crippen LogP contribution in [0.15, 0.2) is 41.3 Å². The third-order valence-corrected chi connectivity index (χ3v) is 4.29. The molecule has 1 aliphatic heterocycles. The average Bonchev–Trinajstić information content (AvgIpc) is 2.49. The Morgan fingerprint density at radius 2 is 2.09 bits per heavy atom. The van der Waals surface area contributed by atoms with Gasteiger partial charge >= 0.3 is 0 Å². The normalized spacial score (nSPS) is 21.9. The Morgan fingerprint density at radius 1 is 1.35 bits per heavy atom. The lowest BCUT2D eigenvalue weighted by molar-refractivity contribution is -0.0642. The number of ether oxygens (including phenoxy) is 1. The van der Waals surface area contributed by atoms with E-state index < -0.39 is 17.7 Å². The maximum Gasteiger partial charge on any atom is 0.252 e. The quantitative estimate of drug-likeness (QED) is 0.871. The van der Waals surface area contributed by atoms with E-state index in [4.69, 9.17) is 21.6 Å². The van der Waals surface area contributed by atoms with Gasteiger partial charge in [-0.3, -0.25) is 4.79 Å². The molecule has 1 N–H and O–H groups in total. The topological polar surface area (TPSA) is 75.2 Å². The maximum absolute atomic E-state index is 12.3. The number of halogens is 1. The second kappa shape index (κ2) is 5.41. The van der Waals surface area contributed by atoms with Crippen LogP contribution in [-0.2, 0) is 0 Å². The molecule has 118 valence electrons. The monoisotopic (exact) mass is 330 g/mol. The van der Waals surface area contributed by atoms with Gasteiger partial charge in [0.25, 0.3) is 5.56 Å². The molecule has 0 radical (unpaired) electrons. The van der Waals surface area contributed by atoms with Crippen LogP contribution in [-0.4, -0.2) is 21.4 Å². The molecule has 0 amide bonds. The fourth-order valence-corrected chi connectivity index (χ4v) is 2.98. The number of hydrogen-bond acceptors (Lipinski definition) is 4. The van der Waals surface area contributed by atoms with E-state index in [2.05, 4.69) is 6.07 Å². The van der Waals surface area contributed by atoms with Crippen LogP contribution in [0, 0.1) is 11.3 Å². The minimum atomic E-state index is -0.970. The summed E-state index contributed by atoms with van der Waals surface area (Å²) in [6.45, 7) is 3.51. The van der Waals surface area contributed by atoms with Crippen molar-refractivity contribution in [3.8, 4) is 11.8 Å². The van der Waals surface area contributed by atoms with Crippen molar-refractivity contribution in [3.63, 3.8) is 0 Å². The molecule has 0 spiro atoms. The lowest BCUT2D eigenvalue weighted by Gasteiger charge is -2.42. The molecule has 1 aliphatic rings. The van der Waals surface area contributed by atoms with E-state index in [0.29, 0.717) is 21.9 Å². The summed E-state index contributed by atoms with van der Waals surface area (Å²) in [6.07, 6.45) is 0.575. The molecule has 23 heavy (non-hydrogen) atoms. The van der Waals surface area contributed by atoms with E-state index in [1.807, 2.05) is 0 Å². The lowest BCUT2D eigenvalue weighted by atomic mass is 9.85. The van der Waals surface area contributed by atoms with Gasteiger partial charge in [-0.15, -0.1) is 0 Å². The van der Waals surface area contributed by atoms with E-state index in [-0.39, 0.29) is 5.56 Å². The number of rotatable bonds is 1. The second-order valence-corrected chi connectivity index (χ2v) is 6.49. The van der Waals surface area contributed by atoms with Crippen LogP contribution in [0.25, 0.3) is 0 Å². The molecule has 2 heterocycles. The Hall–Kier alpha value is -2.29. The fraction of sp³-hybridized carbons (Fsp3) is 0.294. The molecule has 1 aromatic heterocycles. The summed E-state index contributed by atoms with van der Waals surface area (Å²) in [4.78, 5) is 12.3. The number of aliphatic hydroxyl groups excluding tert-OH is 1. The van der Waals surface area contributed by atoms with Gasteiger partial charge in [-0.1, -0.05) is 11.6 Å². The number of pyridine rings is 1. The van der Waals surface area contributed by atoms with Crippen molar-refractivity contribution in [1.82, 2.24) is 4.57 Å². The Kier molecular flexibility index (Phi) is 3.67. The van der Waals surface area contributed by atoms with Gasteiger partial charge in [0.05, 0.1) is 17.7 Å². The van der Waals surface area contributed by atoms with E-state index in [1.165, 1.54) is 10.6 Å². The summed E-state index contributed by atoms with van der Waals surface area (Å²) in [5.74, 6) is 0.547. The van der Waals surface area contributed by atoms with Gasteiger partial charge in [-0.25, -0.2) is 0 Å². The van der Waals surface area contributed by atoms with Gasteiger partial charge in [0.2, 0.25) is 0 Å². The van der Waals surface area contributed by atoms with Crippen molar-refractivity contribution in [2.45, 2.75) is 31.6 Å². The zero-order valence-electron chi connectivity index (χ0n) is 12.7. The minimum absolute atomic E-state index is 0.326. The molecular weight excluding hydrogens is 316 g/mol. The van der Waals surface area contributed by atoms with Crippen LogP contribution in [0.5, 0.6) is 5.75 Å². The molecule has 0 bridgehead atoms. The lowest BCUT2D eigenvalue weighted by Crippen LogP contribution is -2.52. The number of benzene rings is 1. The first-order valence-electron chi connectivity index (χ1n) is 7.12. The summed E-state index contributed by atoms with van der Waals surface area (Å²) in [5.41, 5.74) is -0.177. The summed E-state index contributed by atoms with van der Waals surface area (Å²) >= 11 is 5.85. The summed E-state index contributed by atoms with van der Waals surface area (Å²) in [5, 5.41) is 20.2. The maximum atomic E-state index is 12.3. The molecule has 5 nitrogen and oxygen atoms in total. The molecule has 0 saturated heterocycles. The Morgan fingerprint density at radius 3 is 2.74 bits per heavy atom. The van der Waals surface area contributed by atoms with Crippen LogP contribution >= 0.6 is 11.6 Å². The molecule has 0 aliphatic carbocycles. The zero-order valence-corrected chi connectivity index (χ0v) is 13.4. The number of fused-ring (bicyclic) bond motifs is 1. The Balaban J connectivity index is 2.26. The number of nitrogens with zero attached hydrogens (tertiary/aromatic N) is 2. The largest absolute Gasteiger partial charge is 0.485 e. The van der Waals surface area contributed by atoms with Crippen molar-refractivity contribution in [1.29, 1.82) is 5.26 Å². The fourth-order valence-electron chi connectivity index (χ4n) is 2.83. The molecular formula is C17H15ClN2O3. The molecule has 0 fully saturated rings. The molecule has 3 rings (SSSR count). The third kappa shape index (κ3) is 2.61. The summed E-state index contributed by atoms with van der Waals surface area (Å²) in [7, 11) is 0. The van der Waals surface area contributed by atoms with Crippen molar-refractivity contribution in [3.05, 3.63) is 63.0 Å². The van der Waals surface area contributed by atoms with Gasteiger partial charge in [0.1, 0.15) is 17.5 Å². The highest BCUT2D eigenvalue weighted by Gasteiger charge is 2.44. The van der Waals surface area contributed by atoms with Crippen LogP contribution in [0.3, 0.4) is 0 Å². The summed E-state index contributed by atoms with van der Waals surface area (Å²) in [6, 6.07) is 9.26. The van der Waals surface area contributed by atoms with Gasteiger partial charge in [0.15, 0.2) is 0 Å². The first-order chi connectivity index (χ1) is 10.8. The Bertz CT molecular complexity index is 867. The Labute approximate surface area is 138 Å². The highest BCUT2D eigenvalue weighted by molar-refractivity contribution is 6.30. The predicted octanol–water partition coefficient (Wildman–Crippen LogP) is 2.49. The van der Waals surface area contributed by atoms with Gasteiger partial charge in [0, 0.05) is 22.8 Å². The first kappa shape index (κ1) is 15.6. The van der Waals surface area contributed by atoms with Crippen LogP contribution in [0.2, 0.25) is 5.02 Å². The number of aliphatic hydroxyl groups is 1. The minimum Gasteiger partial charge on any atom is -0.485 e. The molecule has 6 heteroatoms. The number of aromatic nitrogens is 1. The van der Waals surface area contributed by atoms with Gasteiger partial charge in [-0.05, 0) is 38.1 Å². The first-order valence-corrected chi connectivity index (χ1v) is 7.50. The van der Waals surface area contributed by atoms with Crippen LogP contribution in [0.4, 0.5) is 0 Å². The SMILES string of the molecule is CC1(C)Oc2ccc(C#N)cc2[C@H](n2ccc(Cl)cc2=O)[C@H]1O. The van der Waals surface area contributed by atoms with Crippen LogP contribution in [0.1, 0.15) is 31.0 Å². The molecule has 2 atom stereocenters. The molecule has 0 unspecified atom stereocenters. The van der Waals surface area contributed by atoms with Crippen molar-refractivity contribution in [2.24, 2.45) is 0 Å². The summed E-state index contributed by atoms with van der Waals surface area (Å²) < 4.78 is 7.26. The number of nitriles is 1. The standard InChI is InChI=1S/C17H15ClN2O3/c1-17(2)16(22)15(20-6-5-11(18)8-14(20)21)12-7-10(9-19)3-4-13(12)23-17/h3-8,15-16,22H,1-2H3/t15-,16+/m0/s1. The van der Waals surface area contributed by atoms with Crippen molar-refractivity contribution < 1.29 is 9.84 Å². The van der Waals surface area contributed by atoms with Crippen molar-refractivity contribution >= 4 is 11.6 Å². The number of hydrogen-bond donors (Lipinski definition) is 1. The predicted molar refractivity (Wildman–Crippen MR) is 85.7 cm³/mol. The van der Waals surface area contributed by atoms with Gasteiger partial charge < -0.3 is 14.4 Å². The molecule has 1 aromatic carbocycles. The highest BCUT2D eigenvalue weighted by atomic mass is 35.5. The smallest absolute Gasteiger partial charge is 0.252 e. The highest BCUT2D eigenvalue weighted by Crippen LogP contribution is 2.41. The van der Waals surface area contributed by atoms with E-state index >= 15 is 0 Å². The van der Waals surface area contributed by atoms with E-state index in [9.17, 15) is 9.90 Å². The van der Waals surface area contributed by atoms with Crippen LogP contribution < -0.4 is 10.3 Å². The average molecular weight is 331 g/mol.